The van der Waals surface area contributed by atoms with Crippen molar-refractivity contribution in [1.82, 2.24) is 14.5 Å². The lowest BCUT2D eigenvalue weighted by atomic mass is 10.1. The van der Waals surface area contributed by atoms with Gasteiger partial charge in [-0.3, -0.25) is 14.3 Å². The molecule has 0 aliphatic carbocycles. The Kier molecular flexibility index (Phi) is 14.3. The minimum Gasteiger partial charge on any atom is -0.447 e. The molecule has 12 heteroatoms. The zero-order valence-electron chi connectivity index (χ0n) is 23.5. The van der Waals surface area contributed by atoms with Crippen LogP contribution in [-0.4, -0.2) is 59.1 Å². The third-order valence-corrected chi connectivity index (χ3v) is 6.94. The molecule has 2 heterocycles. The second-order valence-corrected chi connectivity index (χ2v) is 9.96. The van der Waals surface area contributed by atoms with Gasteiger partial charge in [-0.1, -0.05) is 70.6 Å². The summed E-state index contributed by atoms with van der Waals surface area (Å²) in [5, 5.41) is 0. The molecule has 1 aromatic rings. The standard InChI is InChI=1S/C28H42F3N3O6/c1-4-7-8-9-10-11-12-13-14-15-16-33(6-3)27(37)39-20-23-22(38-17-5-2)18-24(40-23)34-19-21(28(29,30)31)25(35)32-26(34)36/h2,19,22-24H,4,6-18,20H2,1,3H3,(H,32,35,36)/t22-,23+,24+/m0/s1. The number of unbranched alkanes of at least 4 members (excludes halogenated alkanes) is 9. The molecule has 226 valence electrons. The van der Waals surface area contributed by atoms with Gasteiger partial charge in [0.05, 0.1) is 6.10 Å². The van der Waals surface area contributed by atoms with Crippen LogP contribution in [0.2, 0.25) is 0 Å². The molecular formula is C28H42F3N3O6. The Hall–Kier alpha value is -2.78. The molecule has 0 spiro atoms. The topological polar surface area (TPSA) is 103 Å². The molecule has 1 aromatic heterocycles. The molecule has 0 unspecified atom stereocenters. The van der Waals surface area contributed by atoms with Crippen LogP contribution in [0.3, 0.4) is 0 Å². The molecule has 1 fully saturated rings. The molecule has 1 amide bonds. The molecule has 2 rings (SSSR count). The van der Waals surface area contributed by atoms with Crippen LogP contribution < -0.4 is 11.2 Å². The molecule has 1 saturated heterocycles. The van der Waals surface area contributed by atoms with Gasteiger partial charge in [0.15, 0.2) is 0 Å². The van der Waals surface area contributed by atoms with E-state index in [4.69, 9.17) is 20.6 Å². The van der Waals surface area contributed by atoms with Crippen LogP contribution >= 0.6 is 0 Å². The lowest BCUT2D eigenvalue weighted by Crippen LogP contribution is -2.37. The number of halogens is 3. The van der Waals surface area contributed by atoms with Crippen molar-refractivity contribution in [3.63, 3.8) is 0 Å². The summed E-state index contributed by atoms with van der Waals surface area (Å²) >= 11 is 0. The number of H-pyrrole nitrogens is 1. The number of carbonyl (C=O) groups is 1. The summed E-state index contributed by atoms with van der Waals surface area (Å²) in [6.45, 7) is 4.69. The highest BCUT2D eigenvalue weighted by Gasteiger charge is 2.40. The summed E-state index contributed by atoms with van der Waals surface area (Å²) in [6.07, 6.45) is 9.13. The number of ether oxygens (including phenoxy) is 3. The Bertz CT molecular complexity index is 1070. The first-order valence-corrected chi connectivity index (χ1v) is 14.2. The number of hydrogen-bond donors (Lipinski definition) is 1. The molecule has 0 saturated carbocycles. The van der Waals surface area contributed by atoms with Gasteiger partial charge in [-0.25, -0.2) is 9.59 Å². The number of rotatable bonds is 17. The van der Waals surface area contributed by atoms with E-state index >= 15 is 0 Å². The van der Waals surface area contributed by atoms with E-state index in [2.05, 4.69) is 12.8 Å². The van der Waals surface area contributed by atoms with Gasteiger partial charge in [0, 0.05) is 25.7 Å². The van der Waals surface area contributed by atoms with Gasteiger partial charge in [-0.15, -0.1) is 6.42 Å². The number of terminal acetylenes is 1. The van der Waals surface area contributed by atoms with Crippen LogP contribution in [0, 0.1) is 12.3 Å². The zero-order valence-corrected chi connectivity index (χ0v) is 23.5. The maximum absolute atomic E-state index is 13.2. The summed E-state index contributed by atoms with van der Waals surface area (Å²) in [6, 6.07) is 0. The number of amides is 1. The average Bonchev–Trinajstić information content (AvgIpc) is 3.31. The number of carbonyl (C=O) groups excluding carboxylic acids is 1. The Labute approximate surface area is 233 Å². The molecule has 0 aromatic carbocycles. The minimum absolute atomic E-state index is 0.0385. The normalized spacial score (nSPS) is 18.9. The molecule has 0 radical (unpaired) electrons. The van der Waals surface area contributed by atoms with Gasteiger partial charge in [0.25, 0.3) is 5.56 Å². The van der Waals surface area contributed by atoms with Crippen LogP contribution in [0.25, 0.3) is 0 Å². The second kappa shape index (κ2) is 17.1. The van der Waals surface area contributed by atoms with Crippen LogP contribution in [-0.2, 0) is 20.4 Å². The highest BCUT2D eigenvalue weighted by atomic mass is 19.4. The van der Waals surface area contributed by atoms with Crippen molar-refractivity contribution in [1.29, 1.82) is 0 Å². The number of hydrogen-bond acceptors (Lipinski definition) is 6. The first kappa shape index (κ1) is 33.4. The predicted molar refractivity (Wildman–Crippen MR) is 144 cm³/mol. The maximum atomic E-state index is 13.2. The van der Waals surface area contributed by atoms with Crippen molar-refractivity contribution in [2.45, 2.75) is 109 Å². The van der Waals surface area contributed by atoms with E-state index in [1.807, 2.05) is 6.92 Å². The smallest absolute Gasteiger partial charge is 0.423 e. The molecule has 1 aliphatic heterocycles. The molecule has 9 nitrogen and oxygen atoms in total. The summed E-state index contributed by atoms with van der Waals surface area (Å²) in [4.78, 5) is 39.8. The van der Waals surface area contributed by atoms with Gasteiger partial charge in [-0.2, -0.15) is 13.2 Å². The Morgan fingerprint density at radius 3 is 2.33 bits per heavy atom. The van der Waals surface area contributed by atoms with Gasteiger partial charge in [0.1, 0.15) is 31.1 Å². The van der Waals surface area contributed by atoms with Crippen molar-refractivity contribution in [3.8, 4) is 12.3 Å². The van der Waals surface area contributed by atoms with Crippen molar-refractivity contribution in [2.24, 2.45) is 0 Å². The number of nitrogens with one attached hydrogen (secondary N) is 1. The van der Waals surface area contributed by atoms with Crippen molar-refractivity contribution in [2.75, 3.05) is 26.3 Å². The predicted octanol–water partition coefficient (Wildman–Crippen LogP) is 5.24. The number of alkyl halides is 3. The van der Waals surface area contributed by atoms with Gasteiger partial charge < -0.3 is 19.1 Å². The van der Waals surface area contributed by atoms with Crippen LogP contribution in [0.4, 0.5) is 18.0 Å². The molecule has 3 atom stereocenters. The lowest BCUT2D eigenvalue weighted by Gasteiger charge is -2.23. The fourth-order valence-corrected chi connectivity index (χ4v) is 4.67. The average molecular weight is 574 g/mol. The molecular weight excluding hydrogens is 531 g/mol. The maximum Gasteiger partial charge on any atom is 0.423 e. The summed E-state index contributed by atoms with van der Waals surface area (Å²) in [5.41, 5.74) is -4.14. The molecule has 40 heavy (non-hydrogen) atoms. The van der Waals surface area contributed by atoms with E-state index in [0.717, 1.165) is 19.3 Å². The summed E-state index contributed by atoms with van der Waals surface area (Å²) < 4.78 is 57.1. The third-order valence-electron chi connectivity index (χ3n) is 6.94. The molecule has 1 N–H and O–H groups in total. The fraction of sp³-hybridized carbons (Fsp3) is 0.750. The van der Waals surface area contributed by atoms with E-state index in [1.54, 1.807) is 9.88 Å². The minimum atomic E-state index is -4.96. The Balaban J connectivity index is 1.89. The first-order valence-electron chi connectivity index (χ1n) is 14.2. The van der Waals surface area contributed by atoms with E-state index in [1.165, 1.54) is 44.9 Å². The third kappa shape index (κ3) is 10.7. The summed E-state index contributed by atoms with van der Waals surface area (Å²) in [7, 11) is 0. The quantitative estimate of drug-likeness (QED) is 0.202. The number of nitrogens with zero attached hydrogens (tertiary/aromatic N) is 2. The lowest BCUT2D eigenvalue weighted by molar-refractivity contribution is -0.139. The van der Waals surface area contributed by atoms with E-state index in [9.17, 15) is 27.6 Å². The number of aromatic amines is 1. The van der Waals surface area contributed by atoms with Crippen molar-refractivity contribution >= 4 is 6.09 Å². The van der Waals surface area contributed by atoms with E-state index < -0.39 is 47.5 Å². The Morgan fingerprint density at radius 2 is 1.75 bits per heavy atom. The second-order valence-electron chi connectivity index (χ2n) is 9.96. The SMILES string of the molecule is C#CCO[C@H]1C[C@H](n2cc(C(F)(F)F)c(=O)[nH]c2=O)O[C@@H]1COC(=O)N(CC)CCCCCCCCCCCC. The van der Waals surface area contributed by atoms with Gasteiger partial charge in [0.2, 0.25) is 0 Å². The first-order chi connectivity index (χ1) is 19.1. The van der Waals surface area contributed by atoms with Gasteiger partial charge in [-0.05, 0) is 13.3 Å². The van der Waals surface area contributed by atoms with Crippen LogP contribution in [0.15, 0.2) is 15.8 Å². The zero-order chi connectivity index (χ0) is 29.5. The highest BCUT2D eigenvalue weighted by Crippen LogP contribution is 2.32. The van der Waals surface area contributed by atoms with E-state index in [0.29, 0.717) is 23.9 Å². The fourth-order valence-electron chi connectivity index (χ4n) is 4.67. The van der Waals surface area contributed by atoms with Crippen LogP contribution in [0.5, 0.6) is 0 Å². The van der Waals surface area contributed by atoms with Crippen LogP contribution in [0.1, 0.15) is 96.3 Å². The highest BCUT2D eigenvalue weighted by molar-refractivity contribution is 5.67. The van der Waals surface area contributed by atoms with Gasteiger partial charge >= 0.3 is 18.0 Å². The molecule has 0 bridgehead atoms. The molecule has 1 aliphatic rings. The van der Waals surface area contributed by atoms with E-state index in [-0.39, 0.29) is 19.6 Å². The monoisotopic (exact) mass is 573 g/mol. The largest absolute Gasteiger partial charge is 0.447 e. The van der Waals surface area contributed by atoms with Crippen molar-refractivity contribution in [3.05, 3.63) is 32.6 Å². The Morgan fingerprint density at radius 1 is 1.12 bits per heavy atom. The number of aromatic nitrogens is 2. The summed E-state index contributed by atoms with van der Waals surface area (Å²) in [5.74, 6) is 2.30. The van der Waals surface area contributed by atoms with Crippen molar-refractivity contribution < 1.29 is 32.2 Å².